The van der Waals surface area contributed by atoms with Crippen molar-refractivity contribution in [3.05, 3.63) is 52.2 Å². The molecule has 0 aliphatic carbocycles. The van der Waals surface area contributed by atoms with Crippen LogP contribution in [0.3, 0.4) is 0 Å². The van der Waals surface area contributed by atoms with Crippen LogP contribution in [0.4, 0.5) is 5.69 Å². The Morgan fingerprint density at radius 2 is 2.14 bits per heavy atom. The molecule has 0 bridgehead atoms. The molecule has 7 heteroatoms. The van der Waals surface area contributed by atoms with Gasteiger partial charge < -0.3 is 14.8 Å². The highest BCUT2D eigenvalue weighted by Crippen LogP contribution is 2.19. The third-order valence-electron chi connectivity index (χ3n) is 4.51. The smallest absolute Gasteiger partial charge is 0.340 e. The van der Waals surface area contributed by atoms with Gasteiger partial charge in [0, 0.05) is 24.6 Å². The van der Waals surface area contributed by atoms with Gasteiger partial charge in [-0.3, -0.25) is 9.69 Å². The number of benzene rings is 1. The zero-order valence-electron chi connectivity index (χ0n) is 16.1. The predicted molar refractivity (Wildman–Crippen MR) is 110 cm³/mol. The summed E-state index contributed by atoms with van der Waals surface area (Å²) in [4.78, 5) is 28.1. The Morgan fingerprint density at radius 3 is 2.86 bits per heavy atom. The molecule has 28 heavy (non-hydrogen) atoms. The van der Waals surface area contributed by atoms with E-state index in [1.807, 2.05) is 11.4 Å². The molecule has 2 aromatic rings. The summed E-state index contributed by atoms with van der Waals surface area (Å²) in [6.45, 7) is 4.48. The van der Waals surface area contributed by atoms with Gasteiger partial charge in [-0.2, -0.15) is 0 Å². The lowest BCUT2D eigenvalue weighted by Gasteiger charge is -2.24. The van der Waals surface area contributed by atoms with Gasteiger partial charge in [0.25, 0.3) is 0 Å². The first-order valence-electron chi connectivity index (χ1n) is 9.58. The molecule has 2 heterocycles. The van der Waals surface area contributed by atoms with E-state index in [-0.39, 0.29) is 25.2 Å². The molecule has 0 saturated carbocycles. The van der Waals surface area contributed by atoms with E-state index in [2.05, 4.69) is 16.3 Å². The molecule has 0 spiro atoms. The third kappa shape index (κ3) is 5.89. The number of para-hydroxylation sites is 1. The molecule has 150 valence electrons. The minimum atomic E-state index is -0.437. The standard InChI is InChI=1S/C21H26N2O4S/c1-2-26-21(25)18-9-3-4-10-19(18)22-20(24)15-23(13-16-7-5-11-27-16)14-17-8-6-12-28-17/h3-4,6,8-10,12,16H,2,5,7,11,13-15H2,1H3,(H,22,24)/t16-/m1/s1. The second-order valence-electron chi connectivity index (χ2n) is 6.70. The maximum atomic E-state index is 12.7. The van der Waals surface area contributed by atoms with Crippen molar-refractivity contribution in [2.24, 2.45) is 0 Å². The zero-order chi connectivity index (χ0) is 19.8. The minimum absolute atomic E-state index is 0.161. The molecular formula is C21H26N2O4S. The fourth-order valence-electron chi connectivity index (χ4n) is 3.26. The van der Waals surface area contributed by atoms with Crippen molar-refractivity contribution in [1.82, 2.24) is 4.90 Å². The summed E-state index contributed by atoms with van der Waals surface area (Å²) in [5.74, 6) is -0.598. The number of esters is 1. The molecule has 6 nitrogen and oxygen atoms in total. The van der Waals surface area contributed by atoms with Gasteiger partial charge in [-0.05, 0) is 43.3 Å². The van der Waals surface area contributed by atoms with Crippen LogP contribution in [0.5, 0.6) is 0 Å². The van der Waals surface area contributed by atoms with Crippen molar-refractivity contribution >= 4 is 28.9 Å². The molecule has 0 radical (unpaired) electrons. The Balaban J connectivity index is 1.65. The number of nitrogens with one attached hydrogen (secondary N) is 1. The maximum Gasteiger partial charge on any atom is 0.340 e. The summed E-state index contributed by atoms with van der Waals surface area (Å²) in [5.41, 5.74) is 0.834. The summed E-state index contributed by atoms with van der Waals surface area (Å²) in [5, 5.41) is 4.90. The number of hydrogen-bond donors (Lipinski definition) is 1. The van der Waals surface area contributed by atoms with Crippen LogP contribution < -0.4 is 5.32 Å². The van der Waals surface area contributed by atoms with Crippen molar-refractivity contribution in [1.29, 1.82) is 0 Å². The van der Waals surface area contributed by atoms with Crippen LogP contribution in [0, 0.1) is 0 Å². The molecule has 1 fully saturated rings. The molecule has 1 aromatic carbocycles. The SMILES string of the molecule is CCOC(=O)c1ccccc1NC(=O)CN(Cc1cccs1)C[C@H]1CCCO1. The van der Waals surface area contributed by atoms with E-state index in [4.69, 9.17) is 9.47 Å². The lowest BCUT2D eigenvalue weighted by Crippen LogP contribution is -2.38. The summed E-state index contributed by atoms with van der Waals surface area (Å²) < 4.78 is 10.8. The molecule has 3 rings (SSSR count). The van der Waals surface area contributed by atoms with Crippen LogP contribution >= 0.6 is 11.3 Å². The second kappa shape index (κ2) is 10.4. The van der Waals surface area contributed by atoms with Gasteiger partial charge in [0.2, 0.25) is 5.91 Å². The van der Waals surface area contributed by atoms with E-state index < -0.39 is 5.97 Å². The quantitative estimate of drug-likeness (QED) is 0.650. The molecule has 1 aliphatic heterocycles. The number of amides is 1. The van der Waals surface area contributed by atoms with E-state index in [1.54, 1.807) is 42.5 Å². The Bertz CT molecular complexity index is 772. The highest BCUT2D eigenvalue weighted by Gasteiger charge is 2.22. The van der Waals surface area contributed by atoms with Gasteiger partial charge in [-0.25, -0.2) is 4.79 Å². The Labute approximate surface area is 169 Å². The highest BCUT2D eigenvalue weighted by atomic mass is 32.1. The van der Waals surface area contributed by atoms with Crippen LogP contribution in [0.15, 0.2) is 41.8 Å². The van der Waals surface area contributed by atoms with Gasteiger partial charge in [-0.15, -0.1) is 11.3 Å². The van der Waals surface area contributed by atoms with Crippen molar-refractivity contribution in [3.63, 3.8) is 0 Å². The number of hydrogen-bond acceptors (Lipinski definition) is 6. The largest absolute Gasteiger partial charge is 0.462 e. The fourth-order valence-corrected chi connectivity index (χ4v) is 4.00. The maximum absolute atomic E-state index is 12.7. The van der Waals surface area contributed by atoms with Crippen molar-refractivity contribution < 1.29 is 19.1 Å². The van der Waals surface area contributed by atoms with E-state index in [0.717, 1.165) is 19.4 Å². The predicted octanol–water partition coefficient (Wildman–Crippen LogP) is 3.54. The number of thiophene rings is 1. The topological polar surface area (TPSA) is 67.9 Å². The summed E-state index contributed by atoms with van der Waals surface area (Å²) in [6.07, 6.45) is 2.25. The average Bonchev–Trinajstić information content (AvgIpc) is 3.36. The highest BCUT2D eigenvalue weighted by molar-refractivity contribution is 7.09. The zero-order valence-corrected chi connectivity index (χ0v) is 16.9. The lowest BCUT2D eigenvalue weighted by molar-refractivity contribution is -0.117. The molecule has 1 aromatic heterocycles. The minimum Gasteiger partial charge on any atom is -0.462 e. The van der Waals surface area contributed by atoms with Crippen LogP contribution in [0.1, 0.15) is 35.0 Å². The first-order valence-corrected chi connectivity index (χ1v) is 10.5. The number of ether oxygens (including phenoxy) is 2. The van der Waals surface area contributed by atoms with Gasteiger partial charge in [0.1, 0.15) is 0 Å². The number of carbonyl (C=O) groups is 2. The monoisotopic (exact) mass is 402 g/mol. The number of nitrogens with zero attached hydrogens (tertiary/aromatic N) is 1. The van der Waals surface area contributed by atoms with E-state index in [0.29, 0.717) is 24.3 Å². The Morgan fingerprint density at radius 1 is 1.29 bits per heavy atom. The van der Waals surface area contributed by atoms with E-state index in [9.17, 15) is 9.59 Å². The molecule has 0 unspecified atom stereocenters. The average molecular weight is 403 g/mol. The van der Waals surface area contributed by atoms with Crippen LogP contribution in [-0.2, 0) is 20.8 Å². The van der Waals surface area contributed by atoms with Crippen LogP contribution in [0.25, 0.3) is 0 Å². The normalized spacial score (nSPS) is 16.3. The van der Waals surface area contributed by atoms with Crippen LogP contribution in [-0.4, -0.2) is 49.2 Å². The lowest BCUT2D eigenvalue weighted by atomic mass is 10.1. The van der Waals surface area contributed by atoms with Crippen molar-refractivity contribution in [2.45, 2.75) is 32.4 Å². The molecule has 1 saturated heterocycles. The fraction of sp³-hybridized carbons (Fsp3) is 0.429. The number of rotatable bonds is 9. The summed E-state index contributed by atoms with van der Waals surface area (Å²) in [6, 6.07) is 11.0. The van der Waals surface area contributed by atoms with Crippen molar-refractivity contribution in [3.8, 4) is 0 Å². The van der Waals surface area contributed by atoms with Gasteiger partial charge in [-0.1, -0.05) is 18.2 Å². The molecular weight excluding hydrogens is 376 g/mol. The van der Waals surface area contributed by atoms with Gasteiger partial charge >= 0.3 is 5.97 Å². The summed E-state index contributed by atoms with van der Waals surface area (Å²) in [7, 11) is 0. The Kier molecular flexibility index (Phi) is 7.59. The first-order chi connectivity index (χ1) is 13.7. The van der Waals surface area contributed by atoms with Crippen molar-refractivity contribution in [2.75, 3.05) is 31.6 Å². The molecule has 1 amide bonds. The summed E-state index contributed by atoms with van der Waals surface area (Å²) >= 11 is 1.68. The molecule has 1 aliphatic rings. The van der Waals surface area contributed by atoms with Gasteiger partial charge in [0.15, 0.2) is 0 Å². The second-order valence-corrected chi connectivity index (χ2v) is 7.73. The molecule has 1 atom stereocenters. The van der Waals surface area contributed by atoms with E-state index >= 15 is 0 Å². The molecule has 1 N–H and O–H groups in total. The Hall–Kier alpha value is -2.22. The number of anilines is 1. The number of carbonyl (C=O) groups excluding carboxylic acids is 2. The first kappa shape index (κ1) is 20.5. The van der Waals surface area contributed by atoms with Crippen LogP contribution in [0.2, 0.25) is 0 Å². The van der Waals surface area contributed by atoms with Gasteiger partial charge in [0.05, 0.1) is 30.5 Å². The third-order valence-corrected chi connectivity index (χ3v) is 5.37. The van der Waals surface area contributed by atoms with E-state index in [1.165, 1.54) is 4.88 Å².